The lowest BCUT2D eigenvalue weighted by atomic mass is 10.1. The Labute approximate surface area is 166 Å². The van der Waals surface area contributed by atoms with Crippen molar-refractivity contribution in [3.05, 3.63) is 53.6 Å². The molecule has 0 aliphatic rings. The smallest absolute Gasteiger partial charge is 0.257 e. The van der Waals surface area contributed by atoms with Gasteiger partial charge in [-0.15, -0.1) is 0 Å². The van der Waals surface area contributed by atoms with Gasteiger partial charge in [0.25, 0.3) is 5.91 Å². The molecule has 0 unspecified atom stereocenters. The second-order valence-electron chi connectivity index (χ2n) is 6.04. The molecule has 2 N–H and O–H groups in total. The highest BCUT2D eigenvalue weighted by Crippen LogP contribution is 2.22. The number of benzene rings is 2. The van der Waals surface area contributed by atoms with Gasteiger partial charge in [0.15, 0.2) is 5.11 Å². The summed E-state index contributed by atoms with van der Waals surface area (Å²) in [5.41, 5.74) is 3.64. The van der Waals surface area contributed by atoms with Crippen molar-refractivity contribution in [2.45, 2.75) is 27.7 Å². The van der Waals surface area contributed by atoms with Crippen LogP contribution in [-0.2, 0) is 0 Å². The third-order valence-electron chi connectivity index (χ3n) is 4.24. The van der Waals surface area contributed by atoms with Crippen LogP contribution < -0.4 is 20.3 Å². The molecule has 144 valence electrons. The summed E-state index contributed by atoms with van der Waals surface area (Å²) in [6, 6.07) is 13.1. The van der Waals surface area contributed by atoms with Crippen molar-refractivity contribution < 1.29 is 9.53 Å². The highest BCUT2D eigenvalue weighted by atomic mass is 32.1. The third-order valence-corrected chi connectivity index (χ3v) is 4.45. The Hall–Kier alpha value is -2.60. The molecule has 0 aliphatic carbocycles. The Kier molecular flexibility index (Phi) is 7.61. The molecule has 0 aliphatic heterocycles. The van der Waals surface area contributed by atoms with Crippen LogP contribution in [0.2, 0.25) is 0 Å². The minimum absolute atomic E-state index is 0.257. The number of aryl methyl sites for hydroxylation is 1. The zero-order valence-corrected chi connectivity index (χ0v) is 17.2. The lowest BCUT2D eigenvalue weighted by Crippen LogP contribution is -2.34. The average Bonchev–Trinajstić information content (AvgIpc) is 2.65. The molecule has 1 amide bonds. The molecule has 2 aromatic carbocycles. The number of rotatable bonds is 7. The zero-order chi connectivity index (χ0) is 19.8. The molecule has 0 atom stereocenters. The first-order valence-electron chi connectivity index (χ1n) is 9.19. The summed E-state index contributed by atoms with van der Waals surface area (Å²) >= 11 is 5.29. The Morgan fingerprint density at radius 3 is 2.30 bits per heavy atom. The van der Waals surface area contributed by atoms with Gasteiger partial charge in [-0.25, -0.2) is 0 Å². The maximum atomic E-state index is 12.3. The van der Waals surface area contributed by atoms with Crippen LogP contribution in [-0.4, -0.2) is 30.7 Å². The largest absolute Gasteiger partial charge is 0.494 e. The van der Waals surface area contributed by atoms with Crippen molar-refractivity contribution >= 4 is 34.6 Å². The fraction of sp³-hybridized carbons (Fsp3) is 0.333. The number of thiocarbonyl (C=S) groups is 1. The maximum Gasteiger partial charge on any atom is 0.257 e. The Morgan fingerprint density at radius 1 is 1.07 bits per heavy atom. The maximum absolute atomic E-state index is 12.3. The van der Waals surface area contributed by atoms with Crippen molar-refractivity contribution in [3.63, 3.8) is 0 Å². The first-order valence-corrected chi connectivity index (χ1v) is 9.60. The minimum atomic E-state index is -0.257. The van der Waals surface area contributed by atoms with E-state index in [1.54, 1.807) is 24.3 Å². The van der Waals surface area contributed by atoms with Crippen molar-refractivity contribution in [2.75, 3.05) is 29.9 Å². The third kappa shape index (κ3) is 5.69. The number of amides is 1. The second kappa shape index (κ2) is 9.92. The van der Waals surface area contributed by atoms with Crippen LogP contribution in [0.4, 0.5) is 11.4 Å². The first kappa shape index (κ1) is 20.7. The Bertz CT molecular complexity index is 787. The first-order chi connectivity index (χ1) is 13.0. The summed E-state index contributed by atoms with van der Waals surface area (Å²) in [4.78, 5) is 14.6. The second-order valence-corrected chi connectivity index (χ2v) is 6.45. The Balaban J connectivity index is 1.99. The van der Waals surface area contributed by atoms with Gasteiger partial charge in [0.1, 0.15) is 5.75 Å². The molecule has 0 bridgehead atoms. The molecule has 6 heteroatoms. The van der Waals surface area contributed by atoms with E-state index in [-0.39, 0.29) is 11.0 Å². The molecule has 0 radical (unpaired) electrons. The summed E-state index contributed by atoms with van der Waals surface area (Å²) in [7, 11) is 0. The molecule has 0 saturated carbocycles. The van der Waals surface area contributed by atoms with E-state index >= 15 is 0 Å². The van der Waals surface area contributed by atoms with E-state index in [1.807, 2.05) is 19.9 Å². The van der Waals surface area contributed by atoms with Crippen LogP contribution in [0.3, 0.4) is 0 Å². The number of carbonyl (C=O) groups excluding carboxylic acids is 1. The van der Waals surface area contributed by atoms with Gasteiger partial charge in [-0.3, -0.25) is 10.1 Å². The van der Waals surface area contributed by atoms with E-state index < -0.39 is 0 Å². The van der Waals surface area contributed by atoms with Gasteiger partial charge >= 0.3 is 0 Å². The summed E-state index contributed by atoms with van der Waals surface area (Å²) in [6.07, 6.45) is 0. The van der Waals surface area contributed by atoms with Gasteiger partial charge in [0.05, 0.1) is 6.61 Å². The zero-order valence-electron chi connectivity index (χ0n) is 16.3. The van der Waals surface area contributed by atoms with E-state index in [0.717, 1.165) is 30.1 Å². The average molecular weight is 386 g/mol. The van der Waals surface area contributed by atoms with E-state index in [0.29, 0.717) is 12.2 Å². The predicted octanol–water partition coefficient (Wildman–Crippen LogP) is 4.37. The molecule has 0 spiro atoms. The Morgan fingerprint density at radius 2 is 1.74 bits per heavy atom. The minimum Gasteiger partial charge on any atom is -0.494 e. The fourth-order valence-electron chi connectivity index (χ4n) is 2.77. The molecule has 5 nitrogen and oxygen atoms in total. The number of hydrogen-bond acceptors (Lipinski definition) is 4. The van der Waals surface area contributed by atoms with Crippen molar-refractivity contribution in [1.29, 1.82) is 0 Å². The molecule has 0 saturated heterocycles. The summed E-state index contributed by atoms with van der Waals surface area (Å²) < 4.78 is 5.38. The highest BCUT2D eigenvalue weighted by molar-refractivity contribution is 7.80. The van der Waals surface area contributed by atoms with Crippen LogP contribution in [0.1, 0.15) is 36.7 Å². The van der Waals surface area contributed by atoms with Gasteiger partial charge < -0.3 is 15.0 Å². The topological polar surface area (TPSA) is 53.6 Å². The van der Waals surface area contributed by atoms with E-state index in [2.05, 4.69) is 41.5 Å². The van der Waals surface area contributed by atoms with Crippen molar-refractivity contribution in [3.8, 4) is 5.75 Å². The van der Waals surface area contributed by atoms with E-state index in [4.69, 9.17) is 17.0 Å². The van der Waals surface area contributed by atoms with Crippen LogP contribution in [0.25, 0.3) is 0 Å². The number of nitrogens with one attached hydrogen (secondary N) is 2. The number of carbonyl (C=O) groups is 1. The monoisotopic (exact) mass is 385 g/mol. The van der Waals surface area contributed by atoms with Gasteiger partial charge in [0.2, 0.25) is 0 Å². The molecule has 2 aromatic rings. The predicted molar refractivity (Wildman–Crippen MR) is 116 cm³/mol. The molecular weight excluding hydrogens is 358 g/mol. The quantitative estimate of drug-likeness (QED) is 0.693. The van der Waals surface area contributed by atoms with Crippen LogP contribution >= 0.6 is 12.2 Å². The summed E-state index contributed by atoms with van der Waals surface area (Å²) in [5.74, 6) is 0.478. The molecular formula is C21H27N3O2S. The highest BCUT2D eigenvalue weighted by Gasteiger charge is 2.10. The van der Waals surface area contributed by atoms with E-state index in [1.165, 1.54) is 5.69 Å². The lowest BCUT2D eigenvalue weighted by molar-refractivity contribution is 0.0977. The normalized spacial score (nSPS) is 10.2. The van der Waals surface area contributed by atoms with Gasteiger partial charge in [-0.05, 0) is 87.9 Å². The molecule has 0 aromatic heterocycles. The van der Waals surface area contributed by atoms with Crippen LogP contribution in [0.5, 0.6) is 5.75 Å². The molecule has 27 heavy (non-hydrogen) atoms. The van der Waals surface area contributed by atoms with E-state index in [9.17, 15) is 4.79 Å². The summed E-state index contributed by atoms with van der Waals surface area (Å²) in [6.45, 7) is 10.7. The van der Waals surface area contributed by atoms with Crippen LogP contribution in [0.15, 0.2) is 42.5 Å². The lowest BCUT2D eigenvalue weighted by Gasteiger charge is -2.22. The van der Waals surface area contributed by atoms with Gasteiger partial charge in [-0.1, -0.05) is 0 Å². The number of ether oxygens (including phenoxy) is 1. The van der Waals surface area contributed by atoms with Crippen molar-refractivity contribution in [1.82, 2.24) is 5.32 Å². The number of anilines is 2. The van der Waals surface area contributed by atoms with Gasteiger partial charge in [-0.2, -0.15) is 0 Å². The van der Waals surface area contributed by atoms with Crippen LogP contribution in [0, 0.1) is 6.92 Å². The number of hydrogen-bond donors (Lipinski definition) is 2. The standard InChI is InChI=1S/C21H27N3O2S/c1-5-24(6-2)17-10-13-19(15(4)14-17)22-21(27)23-20(25)16-8-11-18(12-9-16)26-7-3/h8-14H,5-7H2,1-4H3,(H2,22,23,25,27). The van der Waals surface area contributed by atoms with Gasteiger partial charge in [0, 0.05) is 30.0 Å². The number of nitrogens with zero attached hydrogens (tertiary/aromatic N) is 1. The summed E-state index contributed by atoms with van der Waals surface area (Å²) in [5, 5.41) is 6.09. The SMILES string of the molecule is CCOc1ccc(C(=O)NC(=S)Nc2ccc(N(CC)CC)cc2C)cc1. The van der Waals surface area contributed by atoms with Crippen molar-refractivity contribution in [2.24, 2.45) is 0 Å². The molecule has 0 heterocycles. The fourth-order valence-corrected chi connectivity index (χ4v) is 2.97. The molecule has 2 rings (SSSR count). The molecule has 0 fully saturated rings.